The zero-order valence-electron chi connectivity index (χ0n) is 6.79. The van der Waals surface area contributed by atoms with Crippen molar-refractivity contribution >= 4 is 11.0 Å². The maximum atomic E-state index is 10.7. The van der Waals surface area contributed by atoms with Crippen molar-refractivity contribution in [2.45, 2.75) is 25.4 Å². The molecule has 2 unspecified atom stereocenters. The van der Waals surface area contributed by atoms with E-state index in [0.29, 0.717) is 11.7 Å². The van der Waals surface area contributed by atoms with Crippen LogP contribution in [0.2, 0.25) is 0 Å². The summed E-state index contributed by atoms with van der Waals surface area (Å²) in [5.41, 5.74) is 0. The first-order valence-electron chi connectivity index (χ1n) is 3.89. The largest absolute Gasteiger partial charge is 0.380 e. The number of hydrogen-bond acceptors (Lipinski definition) is 2. The Labute approximate surface area is 69.9 Å². The maximum absolute atomic E-state index is 10.7. The van der Waals surface area contributed by atoms with E-state index in [-0.39, 0.29) is 6.10 Å². The van der Waals surface area contributed by atoms with Crippen LogP contribution in [0, 0.1) is 5.92 Å². The summed E-state index contributed by atoms with van der Waals surface area (Å²) in [7, 11) is 0.454. The number of hydrogen-bond donors (Lipinski definition) is 1. The molecule has 3 nitrogen and oxygen atoms in total. The van der Waals surface area contributed by atoms with Crippen LogP contribution in [0.4, 0.5) is 0 Å². The van der Waals surface area contributed by atoms with E-state index < -0.39 is 11.0 Å². The molecule has 1 aliphatic carbocycles. The highest BCUT2D eigenvalue weighted by Gasteiger charge is 2.27. The molecule has 4 heteroatoms. The van der Waals surface area contributed by atoms with Crippen LogP contribution in [0.3, 0.4) is 0 Å². The summed E-state index contributed by atoms with van der Waals surface area (Å²) in [5.74, 6) is 1.09. The Hall–Kier alpha value is 0.0700. The highest BCUT2D eigenvalue weighted by Crippen LogP contribution is 2.30. The number of nitrogens with two attached hydrogens (primary N) is 1. The van der Waals surface area contributed by atoms with Gasteiger partial charge in [0.1, 0.15) is 0 Å². The van der Waals surface area contributed by atoms with Gasteiger partial charge in [0.2, 0.25) is 0 Å². The van der Waals surface area contributed by atoms with Gasteiger partial charge in [0, 0.05) is 7.11 Å². The third-order valence-corrected chi connectivity index (χ3v) is 2.96. The SMILES string of the molecule is COC(CS(N)=O)C1CCC1. The number of rotatable bonds is 4. The summed E-state index contributed by atoms with van der Waals surface area (Å²) in [6.07, 6.45) is 3.81. The third-order valence-electron chi connectivity index (χ3n) is 2.31. The molecule has 0 spiro atoms. The first kappa shape index (κ1) is 9.16. The highest BCUT2D eigenvalue weighted by molar-refractivity contribution is 7.82. The fourth-order valence-electron chi connectivity index (χ4n) is 1.37. The minimum absolute atomic E-state index is 0.120. The van der Waals surface area contributed by atoms with Gasteiger partial charge in [-0.15, -0.1) is 0 Å². The topological polar surface area (TPSA) is 52.3 Å². The molecule has 0 heterocycles. The van der Waals surface area contributed by atoms with Crippen molar-refractivity contribution in [1.29, 1.82) is 0 Å². The van der Waals surface area contributed by atoms with Gasteiger partial charge in [-0.05, 0) is 18.8 Å². The predicted octanol–water partition coefficient (Wildman–Crippen LogP) is 0.424. The quantitative estimate of drug-likeness (QED) is 0.676. The monoisotopic (exact) mass is 177 g/mol. The average molecular weight is 177 g/mol. The van der Waals surface area contributed by atoms with E-state index in [0.717, 1.165) is 0 Å². The lowest BCUT2D eigenvalue weighted by molar-refractivity contribution is 0.0359. The summed E-state index contributed by atoms with van der Waals surface area (Å²) < 4.78 is 15.9. The fraction of sp³-hybridized carbons (Fsp3) is 1.00. The van der Waals surface area contributed by atoms with Crippen LogP contribution in [0.15, 0.2) is 0 Å². The van der Waals surface area contributed by atoms with Gasteiger partial charge in [0.05, 0.1) is 22.8 Å². The van der Waals surface area contributed by atoms with E-state index in [1.54, 1.807) is 7.11 Å². The van der Waals surface area contributed by atoms with Crippen molar-refractivity contribution in [3.63, 3.8) is 0 Å². The zero-order chi connectivity index (χ0) is 8.27. The van der Waals surface area contributed by atoms with Gasteiger partial charge in [-0.3, -0.25) is 5.14 Å². The first-order valence-corrected chi connectivity index (χ1v) is 5.28. The van der Waals surface area contributed by atoms with E-state index in [1.807, 2.05) is 0 Å². The molecule has 2 atom stereocenters. The molecule has 66 valence electrons. The second-order valence-corrected chi connectivity index (χ2v) is 4.11. The molecule has 1 aliphatic rings. The van der Waals surface area contributed by atoms with Gasteiger partial charge in [-0.1, -0.05) is 6.42 Å². The Morgan fingerprint density at radius 2 is 2.36 bits per heavy atom. The molecule has 2 N–H and O–H groups in total. The highest BCUT2D eigenvalue weighted by atomic mass is 32.2. The summed E-state index contributed by atoms with van der Waals surface area (Å²) in [6, 6.07) is 0. The minimum atomic E-state index is -1.21. The van der Waals surface area contributed by atoms with Crippen LogP contribution in [0.1, 0.15) is 19.3 Å². The van der Waals surface area contributed by atoms with Gasteiger partial charge >= 0.3 is 0 Å². The molecule has 0 aliphatic heterocycles. The molecule has 0 aromatic rings. The molecular weight excluding hydrogens is 162 g/mol. The van der Waals surface area contributed by atoms with Crippen LogP contribution >= 0.6 is 0 Å². The fourth-order valence-corrected chi connectivity index (χ4v) is 2.10. The molecule has 0 aromatic heterocycles. The summed E-state index contributed by atoms with van der Waals surface area (Å²) in [6.45, 7) is 0. The van der Waals surface area contributed by atoms with E-state index in [2.05, 4.69) is 0 Å². The second-order valence-electron chi connectivity index (χ2n) is 3.01. The average Bonchev–Trinajstić information content (AvgIpc) is 1.81. The number of ether oxygens (including phenoxy) is 1. The lowest BCUT2D eigenvalue weighted by atomic mass is 9.82. The van der Waals surface area contributed by atoms with Crippen molar-refractivity contribution in [2.75, 3.05) is 12.9 Å². The van der Waals surface area contributed by atoms with Gasteiger partial charge < -0.3 is 4.74 Å². The number of methoxy groups -OCH3 is 1. The van der Waals surface area contributed by atoms with E-state index in [9.17, 15) is 4.21 Å². The van der Waals surface area contributed by atoms with Gasteiger partial charge in [0.25, 0.3) is 0 Å². The molecule has 0 bridgehead atoms. The van der Waals surface area contributed by atoms with E-state index in [1.165, 1.54) is 19.3 Å². The second kappa shape index (κ2) is 4.18. The molecule has 0 aromatic carbocycles. The Balaban J connectivity index is 2.29. The van der Waals surface area contributed by atoms with Crippen molar-refractivity contribution in [3.8, 4) is 0 Å². The Morgan fingerprint density at radius 3 is 2.64 bits per heavy atom. The van der Waals surface area contributed by atoms with Crippen molar-refractivity contribution in [2.24, 2.45) is 11.1 Å². The van der Waals surface area contributed by atoms with Crippen LogP contribution in [-0.2, 0) is 15.7 Å². The molecule has 0 saturated heterocycles. The maximum Gasteiger partial charge on any atom is 0.0914 e. The van der Waals surface area contributed by atoms with Crippen LogP contribution in [0.25, 0.3) is 0 Å². The lowest BCUT2D eigenvalue weighted by Crippen LogP contribution is -2.34. The Morgan fingerprint density at radius 1 is 1.73 bits per heavy atom. The molecule has 0 amide bonds. The standard InChI is InChI=1S/C7H15NO2S/c1-10-7(5-11(8)9)6-3-2-4-6/h6-7H,2-5,8H2,1H3. The third kappa shape index (κ3) is 2.54. The Kier molecular flexibility index (Phi) is 3.48. The minimum Gasteiger partial charge on any atom is -0.380 e. The van der Waals surface area contributed by atoms with Gasteiger partial charge in [-0.25, -0.2) is 4.21 Å². The van der Waals surface area contributed by atoms with Crippen molar-refractivity contribution in [1.82, 2.24) is 0 Å². The summed E-state index contributed by atoms with van der Waals surface area (Å²) in [4.78, 5) is 0. The van der Waals surface area contributed by atoms with Gasteiger partial charge in [-0.2, -0.15) is 0 Å². The normalized spacial score (nSPS) is 24.2. The van der Waals surface area contributed by atoms with E-state index in [4.69, 9.17) is 9.88 Å². The Bertz CT molecular complexity index is 147. The molecule has 0 radical (unpaired) electrons. The molecule has 1 fully saturated rings. The molecule has 11 heavy (non-hydrogen) atoms. The first-order chi connectivity index (χ1) is 5.24. The van der Waals surface area contributed by atoms with E-state index >= 15 is 0 Å². The van der Waals surface area contributed by atoms with Crippen LogP contribution in [-0.4, -0.2) is 23.2 Å². The summed E-state index contributed by atoms with van der Waals surface area (Å²) in [5, 5.41) is 5.18. The zero-order valence-corrected chi connectivity index (χ0v) is 7.60. The van der Waals surface area contributed by atoms with Crippen LogP contribution < -0.4 is 5.14 Å². The van der Waals surface area contributed by atoms with Crippen molar-refractivity contribution in [3.05, 3.63) is 0 Å². The molecular formula is C7H15NO2S. The molecule has 1 saturated carbocycles. The summed E-state index contributed by atoms with van der Waals surface area (Å²) >= 11 is 0. The molecule has 1 rings (SSSR count). The van der Waals surface area contributed by atoms with Gasteiger partial charge in [0.15, 0.2) is 0 Å². The predicted molar refractivity (Wildman–Crippen MR) is 45.3 cm³/mol. The van der Waals surface area contributed by atoms with Crippen molar-refractivity contribution < 1.29 is 8.95 Å². The smallest absolute Gasteiger partial charge is 0.0914 e. The van der Waals surface area contributed by atoms with Crippen LogP contribution in [0.5, 0.6) is 0 Å². The lowest BCUT2D eigenvalue weighted by Gasteiger charge is -2.31.